The molecule has 0 aromatic heterocycles. The molecule has 0 N–H and O–H groups in total. The van der Waals surface area contributed by atoms with Crippen LogP contribution in [0.5, 0.6) is 0 Å². The molecule has 0 aliphatic heterocycles. The second-order valence-electron chi connectivity index (χ2n) is 17.7. The maximum absolute atomic E-state index is 2.62. The lowest BCUT2D eigenvalue weighted by Gasteiger charge is -2.61. The van der Waals surface area contributed by atoms with Gasteiger partial charge in [0.15, 0.2) is 0 Å². The number of hydrogen-bond acceptors (Lipinski definition) is 1. The van der Waals surface area contributed by atoms with Crippen LogP contribution in [0.4, 0.5) is 17.1 Å². The van der Waals surface area contributed by atoms with Gasteiger partial charge in [-0.2, -0.15) is 0 Å². The van der Waals surface area contributed by atoms with Crippen molar-refractivity contribution < 1.29 is 0 Å². The van der Waals surface area contributed by atoms with Gasteiger partial charge in [-0.05, 0) is 166 Å². The predicted molar refractivity (Wildman–Crippen MR) is 205 cm³/mol. The topological polar surface area (TPSA) is 3.24 Å². The van der Waals surface area contributed by atoms with E-state index in [1.807, 2.05) is 0 Å². The second-order valence-corrected chi connectivity index (χ2v) is 17.7. The molecule has 0 amide bonds. The van der Waals surface area contributed by atoms with Crippen molar-refractivity contribution in [3.05, 3.63) is 138 Å². The van der Waals surface area contributed by atoms with Gasteiger partial charge < -0.3 is 4.90 Å². The molecule has 4 saturated carbocycles. The van der Waals surface area contributed by atoms with E-state index < -0.39 is 0 Å². The fraction of sp³-hybridized carbons (Fsp3) is 0.375. The Labute approximate surface area is 293 Å². The molecule has 1 heteroatoms. The fourth-order valence-electron chi connectivity index (χ4n) is 11.9. The molecule has 5 aromatic carbocycles. The molecule has 0 saturated heterocycles. The smallest absolute Gasteiger partial charge is 0.0464 e. The zero-order chi connectivity index (χ0) is 33.1. The van der Waals surface area contributed by atoms with Gasteiger partial charge >= 0.3 is 0 Å². The van der Waals surface area contributed by atoms with Crippen LogP contribution >= 0.6 is 0 Å². The van der Waals surface area contributed by atoms with Crippen molar-refractivity contribution in [2.24, 2.45) is 23.7 Å². The molecule has 246 valence electrons. The number of anilines is 3. The van der Waals surface area contributed by atoms with Crippen molar-refractivity contribution in [1.29, 1.82) is 0 Å². The highest BCUT2D eigenvalue weighted by molar-refractivity contribution is 5.85. The summed E-state index contributed by atoms with van der Waals surface area (Å²) in [5, 5.41) is 0. The van der Waals surface area contributed by atoms with Crippen LogP contribution in [0.1, 0.15) is 94.9 Å². The highest BCUT2D eigenvalue weighted by Gasteiger charge is 2.61. The molecule has 0 radical (unpaired) electrons. The maximum Gasteiger partial charge on any atom is 0.0464 e. The number of hydrogen-bond donors (Lipinski definition) is 0. The molecule has 1 nitrogen and oxygen atoms in total. The SMILES string of the molecule is CC1(C)CCC(C)(C)c2cc(N(c3ccccc3)c3ccc(-c4ccc5c(c4)C4(c6ccccc6-5)C5CC6CC(C5)CC4C6)cc3)ccc21. The Morgan fingerprint density at radius 1 is 0.449 bits per heavy atom. The summed E-state index contributed by atoms with van der Waals surface area (Å²) >= 11 is 0. The van der Waals surface area contributed by atoms with E-state index in [0.717, 1.165) is 23.7 Å². The van der Waals surface area contributed by atoms with Crippen molar-refractivity contribution in [2.45, 2.75) is 88.9 Å². The first-order chi connectivity index (χ1) is 23.7. The summed E-state index contributed by atoms with van der Waals surface area (Å²) in [4.78, 5) is 2.45. The second kappa shape index (κ2) is 10.5. The third-order valence-corrected chi connectivity index (χ3v) is 14.1. The first-order valence-electron chi connectivity index (χ1n) is 19.1. The summed E-state index contributed by atoms with van der Waals surface area (Å²) in [6.07, 6.45) is 9.63. The number of benzene rings is 5. The van der Waals surface area contributed by atoms with Crippen LogP contribution in [-0.2, 0) is 16.2 Å². The van der Waals surface area contributed by atoms with E-state index in [4.69, 9.17) is 0 Å². The van der Waals surface area contributed by atoms with Crippen molar-refractivity contribution in [3.8, 4) is 22.3 Å². The summed E-state index contributed by atoms with van der Waals surface area (Å²) in [5.74, 6) is 3.49. The first-order valence-corrected chi connectivity index (χ1v) is 19.1. The molecule has 0 unspecified atom stereocenters. The Kier molecular flexibility index (Phi) is 6.36. The van der Waals surface area contributed by atoms with E-state index >= 15 is 0 Å². The van der Waals surface area contributed by atoms with E-state index in [1.165, 1.54) is 95.4 Å². The van der Waals surface area contributed by atoms with Crippen LogP contribution in [0.3, 0.4) is 0 Å². The lowest BCUT2D eigenvalue weighted by molar-refractivity contribution is -0.0399. The standard InChI is InChI=1S/C48H49N/c1-46(2)22-23-47(3,4)45-30-39(19-21-43(45)46)49(37-10-6-5-7-11-37)38-17-14-33(15-18-38)34-16-20-41-40-12-8-9-13-42(40)48(44(41)29-34)35-25-31-24-32(27-35)28-36(48)26-31/h5-21,29-32,35-36H,22-28H2,1-4H3. The fourth-order valence-corrected chi connectivity index (χ4v) is 11.9. The molecular formula is C48H49N. The number of fused-ring (bicyclic) bond motifs is 4. The van der Waals surface area contributed by atoms with E-state index in [2.05, 4.69) is 148 Å². The molecular weight excluding hydrogens is 591 g/mol. The normalized spacial score (nSPS) is 27.8. The van der Waals surface area contributed by atoms with Gasteiger partial charge in [-0.15, -0.1) is 0 Å². The predicted octanol–water partition coefficient (Wildman–Crippen LogP) is 12.9. The van der Waals surface area contributed by atoms with Gasteiger partial charge in [0.2, 0.25) is 0 Å². The lowest BCUT2D eigenvalue weighted by atomic mass is 9.43. The zero-order valence-corrected chi connectivity index (χ0v) is 29.7. The molecule has 0 heterocycles. The Morgan fingerprint density at radius 2 is 1.02 bits per heavy atom. The Morgan fingerprint density at radius 3 is 1.73 bits per heavy atom. The van der Waals surface area contributed by atoms with Crippen LogP contribution in [0.25, 0.3) is 22.3 Å². The average molecular weight is 640 g/mol. The number of rotatable bonds is 4. The molecule has 6 aliphatic carbocycles. The molecule has 1 spiro atoms. The number of nitrogens with zero attached hydrogens (tertiary/aromatic N) is 1. The zero-order valence-electron chi connectivity index (χ0n) is 29.7. The van der Waals surface area contributed by atoms with Gasteiger partial charge in [-0.25, -0.2) is 0 Å². The Bertz CT molecular complexity index is 2050. The van der Waals surface area contributed by atoms with Crippen LogP contribution in [0, 0.1) is 23.7 Å². The first kappa shape index (κ1) is 29.8. The van der Waals surface area contributed by atoms with Gasteiger partial charge in [0.05, 0.1) is 0 Å². The van der Waals surface area contributed by atoms with E-state index in [-0.39, 0.29) is 16.2 Å². The number of para-hydroxylation sites is 1. The molecule has 11 rings (SSSR count). The monoisotopic (exact) mass is 639 g/mol. The van der Waals surface area contributed by atoms with Crippen molar-refractivity contribution in [3.63, 3.8) is 0 Å². The van der Waals surface area contributed by atoms with Crippen molar-refractivity contribution >= 4 is 17.1 Å². The molecule has 6 aliphatic rings. The average Bonchev–Trinajstić information content (AvgIpc) is 3.40. The van der Waals surface area contributed by atoms with Gasteiger partial charge in [0.25, 0.3) is 0 Å². The third-order valence-electron chi connectivity index (χ3n) is 14.1. The van der Waals surface area contributed by atoms with Crippen LogP contribution in [0.2, 0.25) is 0 Å². The van der Waals surface area contributed by atoms with E-state index in [0.29, 0.717) is 0 Å². The highest BCUT2D eigenvalue weighted by atomic mass is 15.1. The van der Waals surface area contributed by atoms with E-state index in [9.17, 15) is 0 Å². The summed E-state index contributed by atoms with van der Waals surface area (Å²) in [7, 11) is 0. The largest absolute Gasteiger partial charge is 0.310 e. The summed E-state index contributed by atoms with van der Waals surface area (Å²) in [6.45, 7) is 9.68. The quantitative estimate of drug-likeness (QED) is 0.189. The third kappa shape index (κ3) is 4.30. The van der Waals surface area contributed by atoms with Gasteiger partial charge in [-0.3, -0.25) is 0 Å². The summed E-state index contributed by atoms with van der Waals surface area (Å²) in [6, 6.07) is 44.5. The van der Waals surface area contributed by atoms with Crippen LogP contribution in [-0.4, -0.2) is 0 Å². The van der Waals surface area contributed by atoms with Crippen LogP contribution in [0.15, 0.2) is 115 Å². The van der Waals surface area contributed by atoms with Gasteiger partial charge in [0.1, 0.15) is 0 Å². The molecule has 5 aromatic rings. The van der Waals surface area contributed by atoms with E-state index in [1.54, 1.807) is 11.1 Å². The summed E-state index contributed by atoms with van der Waals surface area (Å²) < 4.78 is 0. The highest BCUT2D eigenvalue weighted by Crippen LogP contribution is 2.69. The van der Waals surface area contributed by atoms with Crippen molar-refractivity contribution in [2.75, 3.05) is 4.90 Å². The summed E-state index contributed by atoms with van der Waals surface area (Å²) in [5.41, 5.74) is 16.1. The lowest BCUT2D eigenvalue weighted by Crippen LogP contribution is -2.55. The minimum absolute atomic E-state index is 0.162. The maximum atomic E-state index is 2.62. The van der Waals surface area contributed by atoms with Gasteiger partial charge in [0, 0.05) is 22.5 Å². The van der Waals surface area contributed by atoms with Gasteiger partial charge in [-0.1, -0.05) is 100 Å². The minimum Gasteiger partial charge on any atom is -0.310 e. The molecule has 4 fully saturated rings. The Hall–Kier alpha value is -4.10. The van der Waals surface area contributed by atoms with Crippen molar-refractivity contribution in [1.82, 2.24) is 0 Å². The molecule has 49 heavy (non-hydrogen) atoms. The molecule has 0 atom stereocenters. The van der Waals surface area contributed by atoms with Crippen LogP contribution < -0.4 is 4.90 Å². The minimum atomic E-state index is 0.162. The molecule has 4 bridgehead atoms. The Balaban J connectivity index is 1.06.